The van der Waals surface area contributed by atoms with Crippen molar-refractivity contribution in [2.45, 2.75) is 46.6 Å². The molecule has 0 amide bonds. The standard InChI is InChI=1S/C37H39N3O3/c1-6-39(7-2)26-21-22-29(33(24-26)42-9-4)37(34-25(5)40(8-3)31-19-13-12-16-28(31)34)35-27(30-18-11-10-14-23-38-30)17-15-20-32(35)43-36(37)41/h10-24,38H,6-9H2,1-5H3. The minimum absolute atomic E-state index is 0.325. The molecule has 0 bridgehead atoms. The van der Waals surface area contributed by atoms with Gasteiger partial charge in [-0.15, -0.1) is 0 Å². The summed E-state index contributed by atoms with van der Waals surface area (Å²) in [6, 6.07) is 20.6. The molecular formula is C37H39N3O3. The van der Waals surface area contributed by atoms with Crippen LogP contribution in [-0.2, 0) is 16.8 Å². The summed E-state index contributed by atoms with van der Waals surface area (Å²) in [5.41, 5.74) is 6.21. The van der Waals surface area contributed by atoms with Gasteiger partial charge in [-0.3, -0.25) is 0 Å². The van der Waals surface area contributed by atoms with Gasteiger partial charge in [-0.2, -0.15) is 0 Å². The Morgan fingerprint density at radius 2 is 1.74 bits per heavy atom. The van der Waals surface area contributed by atoms with Crippen LogP contribution in [0.3, 0.4) is 0 Å². The van der Waals surface area contributed by atoms with Crippen molar-refractivity contribution < 1.29 is 14.3 Å². The molecule has 0 aliphatic carbocycles. The molecule has 1 aromatic heterocycles. The highest BCUT2D eigenvalue weighted by molar-refractivity contribution is 6.06. The number of rotatable bonds is 9. The number of nitrogens with zero attached hydrogens (tertiary/aromatic N) is 2. The molecule has 3 heterocycles. The van der Waals surface area contributed by atoms with Gasteiger partial charge in [0, 0.05) is 82.1 Å². The summed E-state index contributed by atoms with van der Waals surface area (Å²) in [6.45, 7) is 13.5. The van der Waals surface area contributed by atoms with Crippen LogP contribution in [0.15, 0.2) is 91.2 Å². The molecule has 2 aliphatic rings. The summed E-state index contributed by atoms with van der Waals surface area (Å²) in [5, 5.41) is 4.47. The Hall–Kier alpha value is -4.71. The van der Waals surface area contributed by atoms with Gasteiger partial charge in [0.25, 0.3) is 0 Å². The molecule has 4 aromatic rings. The van der Waals surface area contributed by atoms with Gasteiger partial charge < -0.3 is 24.3 Å². The van der Waals surface area contributed by atoms with Crippen LogP contribution in [0.4, 0.5) is 5.69 Å². The largest absolute Gasteiger partial charge is 0.493 e. The summed E-state index contributed by atoms with van der Waals surface area (Å²) in [7, 11) is 0. The maximum absolute atomic E-state index is 14.9. The highest BCUT2D eigenvalue weighted by atomic mass is 16.5. The maximum Gasteiger partial charge on any atom is 0.331 e. The Bertz CT molecular complexity index is 1790. The highest BCUT2D eigenvalue weighted by Gasteiger charge is 2.57. The van der Waals surface area contributed by atoms with E-state index in [0.717, 1.165) is 69.9 Å². The quantitative estimate of drug-likeness (QED) is 0.166. The van der Waals surface area contributed by atoms with E-state index < -0.39 is 5.41 Å². The van der Waals surface area contributed by atoms with Gasteiger partial charge in [-0.25, -0.2) is 4.79 Å². The van der Waals surface area contributed by atoms with Gasteiger partial charge in [0.1, 0.15) is 11.5 Å². The predicted octanol–water partition coefficient (Wildman–Crippen LogP) is 7.48. The molecule has 6 rings (SSSR count). The van der Waals surface area contributed by atoms with Crippen molar-refractivity contribution in [2.75, 3.05) is 24.6 Å². The first kappa shape index (κ1) is 28.4. The van der Waals surface area contributed by atoms with Crippen LogP contribution >= 0.6 is 0 Å². The molecule has 0 saturated heterocycles. The van der Waals surface area contributed by atoms with Crippen molar-refractivity contribution in [1.29, 1.82) is 0 Å². The molecule has 6 nitrogen and oxygen atoms in total. The van der Waals surface area contributed by atoms with Crippen molar-refractivity contribution in [3.63, 3.8) is 0 Å². The zero-order chi connectivity index (χ0) is 30.1. The van der Waals surface area contributed by atoms with Gasteiger partial charge >= 0.3 is 5.97 Å². The first-order valence-electron chi connectivity index (χ1n) is 15.3. The second-order valence-corrected chi connectivity index (χ2v) is 10.8. The Morgan fingerprint density at radius 3 is 2.51 bits per heavy atom. The minimum atomic E-state index is -1.29. The lowest BCUT2D eigenvalue weighted by Crippen LogP contribution is -2.38. The second-order valence-electron chi connectivity index (χ2n) is 10.8. The van der Waals surface area contributed by atoms with E-state index >= 15 is 0 Å². The molecule has 1 N–H and O–H groups in total. The number of carbonyl (C=O) groups is 1. The highest BCUT2D eigenvalue weighted by Crippen LogP contribution is 2.56. The number of nitrogens with one attached hydrogen (secondary N) is 1. The summed E-state index contributed by atoms with van der Waals surface area (Å²) in [6.07, 6.45) is 9.89. The molecule has 3 aromatic carbocycles. The Labute approximate surface area is 253 Å². The number of hydrogen-bond acceptors (Lipinski definition) is 5. The molecule has 1 unspecified atom stereocenters. The van der Waals surface area contributed by atoms with E-state index in [1.807, 2.05) is 55.6 Å². The number of allylic oxidation sites excluding steroid dienone is 4. The third kappa shape index (κ3) is 4.35. The number of benzene rings is 3. The van der Waals surface area contributed by atoms with E-state index in [1.54, 1.807) is 0 Å². The number of anilines is 1. The third-order valence-electron chi connectivity index (χ3n) is 8.74. The number of carbonyl (C=O) groups excluding carboxylic acids is 1. The van der Waals surface area contributed by atoms with E-state index in [4.69, 9.17) is 9.47 Å². The molecule has 1 atom stereocenters. The topological polar surface area (TPSA) is 55.7 Å². The number of ether oxygens (including phenoxy) is 2. The van der Waals surface area contributed by atoms with Crippen molar-refractivity contribution in [3.05, 3.63) is 119 Å². The molecule has 0 fully saturated rings. The molecule has 0 spiro atoms. The fourth-order valence-corrected chi connectivity index (χ4v) is 6.93. The minimum Gasteiger partial charge on any atom is -0.493 e. The van der Waals surface area contributed by atoms with Crippen LogP contribution in [-0.4, -0.2) is 30.2 Å². The number of aryl methyl sites for hydroxylation is 1. The lowest BCUT2D eigenvalue weighted by atomic mass is 9.67. The number of fused-ring (bicyclic) bond motifs is 2. The van der Waals surface area contributed by atoms with Crippen LogP contribution in [0.5, 0.6) is 11.5 Å². The fraction of sp³-hybridized carbons (Fsp3) is 0.270. The van der Waals surface area contributed by atoms with Gasteiger partial charge in [0.15, 0.2) is 5.41 Å². The summed E-state index contributed by atoms with van der Waals surface area (Å²) >= 11 is 0. The average molecular weight is 574 g/mol. The van der Waals surface area contributed by atoms with Gasteiger partial charge in [0.05, 0.1) is 6.61 Å². The molecule has 43 heavy (non-hydrogen) atoms. The normalized spacial score (nSPS) is 17.3. The lowest BCUT2D eigenvalue weighted by Gasteiger charge is -2.32. The lowest BCUT2D eigenvalue weighted by molar-refractivity contribution is -0.135. The number of hydrogen-bond donors (Lipinski definition) is 1. The Balaban J connectivity index is 1.78. The summed E-state index contributed by atoms with van der Waals surface area (Å²) < 4.78 is 15.0. The van der Waals surface area contributed by atoms with Crippen molar-refractivity contribution >= 4 is 28.3 Å². The number of para-hydroxylation sites is 1. The molecule has 6 heteroatoms. The number of esters is 1. The van der Waals surface area contributed by atoms with E-state index in [2.05, 4.69) is 84.9 Å². The first-order chi connectivity index (χ1) is 21.0. The Morgan fingerprint density at radius 1 is 0.930 bits per heavy atom. The van der Waals surface area contributed by atoms with E-state index in [9.17, 15) is 4.79 Å². The van der Waals surface area contributed by atoms with Crippen LogP contribution in [0, 0.1) is 6.92 Å². The molecule has 220 valence electrons. The van der Waals surface area contributed by atoms with Crippen molar-refractivity contribution in [3.8, 4) is 11.5 Å². The second kappa shape index (κ2) is 11.5. The predicted molar refractivity (Wildman–Crippen MR) is 175 cm³/mol. The van der Waals surface area contributed by atoms with Crippen LogP contribution in [0.25, 0.3) is 16.6 Å². The van der Waals surface area contributed by atoms with E-state index in [0.29, 0.717) is 18.1 Å². The maximum atomic E-state index is 14.9. The zero-order valence-electron chi connectivity index (χ0n) is 25.6. The summed E-state index contributed by atoms with van der Waals surface area (Å²) in [5.74, 6) is 0.918. The first-order valence-corrected chi connectivity index (χ1v) is 15.3. The van der Waals surface area contributed by atoms with E-state index in [1.165, 1.54) is 0 Å². The summed E-state index contributed by atoms with van der Waals surface area (Å²) in [4.78, 5) is 17.2. The van der Waals surface area contributed by atoms with E-state index in [-0.39, 0.29) is 5.97 Å². The average Bonchev–Trinajstić information content (AvgIpc) is 3.30. The number of aromatic nitrogens is 1. The molecular weight excluding hydrogens is 534 g/mol. The SMILES string of the molecule is CCOc1cc(N(CC)CC)ccc1C1(c2c(C)n(CC)c3ccccc23)C(=O)Oc2cccc(C3=CC=CC=CN3)c21. The Kier molecular flexibility index (Phi) is 7.61. The van der Waals surface area contributed by atoms with Crippen molar-refractivity contribution in [1.82, 2.24) is 9.88 Å². The van der Waals surface area contributed by atoms with Crippen molar-refractivity contribution in [2.24, 2.45) is 0 Å². The molecule has 2 aliphatic heterocycles. The zero-order valence-corrected chi connectivity index (χ0v) is 25.6. The molecule has 0 saturated carbocycles. The van der Waals surface area contributed by atoms with Gasteiger partial charge in [-0.05, 0) is 65.0 Å². The van der Waals surface area contributed by atoms with Crippen LogP contribution < -0.4 is 19.7 Å². The third-order valence-corrected chi connectivity index (χ3v) is 8.74. The van der Waals surface area contributed by atoms with Crippen LogP contribution in [0.2, 0.25) is 0 Å². The van der Waals surface area contributed by atoms with Crippen LogP contribution in [0.1, 0.15) is 55.6 Å². The monoisotopic (exact) mass is 573 g/mol. The smallest absolute Gasteiger partial charge is 0.331 e. The van der Waals surface area contributed by atoms with Gasteiger partial charge in [0.2, 0.25) is 0 Å². The molecule has 0 radical (unpaired) electrons. The fourth-order valence-electron chi connectivity index (χ4n) is 6.93. The van der Waals surface area contributed by atoms with Gasteiger partial charge in [-0.1, -0.05) is 48.6 Å².